The van der Waals surface area contributed by atoms with E-state index in [1.165, 1.54) is 10.8 Å². The van der Waals surface area contributed by atoms with Crippen molar-refractivity contribution in [2.45, 2.75) is 6.92 Å². The van der Waals surface area contributed by atoms with Gasteiger partial charge in [0.2, 0.25) is 0 Å². The number of piperazine rings is 1. The van der Waals surface area contributed by atoms with Crippen molar-refractivity contribution in [2.24, 2.45) is 0 Å². The Morgan fingerprint density at radius 2 is 1.71 bits per heavy atom. The minimum Gasteiger partial charge on any atom is -0.378 e. The fourth-order valence-corrected chi connectivity index (χ4v) is 5.04. The number of benzene rings is 1. The zero-order valence-corrected chi connectivity index (χ0v) is 20.1. The van der Waals surface area contributed by atoms with E-state index < -0.39 is 0 Å². The summed E-state index contributed by atoms with van der Waals surface area (Å²) in [6, 6.07) is 10.8. The van der Waals surface area contributed by atoms with Crippen molar-refractivity contribution in [2.75, 3.05) is 68.8 Å². The van der Waals surface area contributed by atoms with Crippen molar-refractivity contribution in [3.63, 3.8) is 0 Å². The molecule has 0 spiro atoms. The van der Waals surface area contributed by atoms with Gasteiger partial charge in [0, 0.05) is 50.9 Å². The summed E-state index contributed by atoms with van der Waals surface area (Å²) in [5.74, 6) is 1.11. The molecule has 2 aliphatic heterocycles. The molecule has 3 aromatic rings. The molecule has 0 amide bonds. The Labute approximate surface area is 200 Å². The number of fused-ring (bicyclic) bond motifs is 1. The largest absolute Gasteiger partial charge is 0.378 e. The molecule has 0 aliphatic carbocycles. The summed E-state index contributed by atoms with van der Waals surface area (Å²) in [6.07, 6.45) is 1.98. The number of halogens is 2. The summed E-state index contributed by atoms with van der Waals surface area (Å²) < 4.78 is 5.47. The van der Waals surface area contributed by atoms with Crippen LogP contribution < -0.4 is 9.80 Å². The highest BCUT2D eigenvalue weighted by atomic mass is 35.5. The van der Waals surface area contributed by atoms with E-state index in [0.717, 1.165) is 80.5 Å². The lowest BCUT2D eigenvalue weighted by Crippen LogP contribution is -2.46. The zero-order chi connectivity index (χ0) is 19.6. The Kier molecular flexibility index (Phi) is 8.36. The van der Waals surface area contributed by atoms with Crippen molar-refractivity contribution in [1.29, 1.82) is 0 Å². The number of aromatic nitrogens is 2. The number of nitrogens with zero attached hydrogens (tertiary/aromatic N) is 5. The summed E-state index contributed by atoms with van der Waals surface area (Å²) in [5.41, 5.74) is 1.02. The first kappa shape index (κ1) is 24.0. The Hall–Kier alpha value is -1.64. The Bertz CT molecular complexity index is 987. The average molecular weight is 482 g/mol. The smallest absolute Gasteiger partial charge is 0.186 e. The van der Waals surface area contributed by atoms with E-state index in [2.05, 4.69) is 56.9 Å². The third-order valence-electron chi connectivity index (χ3n) is 5.87. The second-order valence-electron chi connectivity index (χ2n) is 7.58. The monoisotopic (exact) mass is 481 g/mol. The molecule has 5 rings (SSSR count). The number of likely N-dealkylation sites (N-methyl/N-ethyl adjacent to an activating group) is 1. The molecule has 31 heavy (non-hydrogen) atoms. The van der Waals surface area contributed by atoms with Gasteiger partial charge in [-0.05, 0) is 18.0 Å². The van der Waals surface area contributed by atoms with Crippen molar-refractivity contribution in [1.82, 2.24) is 14.9 Å². The summed E-state index contributed by atoms with van der Waals surface area (Å²) in [5, 5.41) is 3.54. The number of pyridine rings is 1. The van der Waals surface area contributed by atoms with Crippen LogP contribution in [0.2, 0.25) is 0 Å². The van der Waals surface area contributed by atoms with Crippen LogP contribution in [0.1, 0.15) is 6.92 Å². The van der Waals surface area contributed by atoms with Gasteiger partial charge in [0.1, 0.15) is 5.82 Å². The van der Waals surface area contributed by atoms with E-state index in [9.17, 15) is 0 Å². The maximum Gasteiger partial charge on any atom is 0.186 e. The number of ether oxygens (including phenoxy) is 1. The highest BCUT2D eigenvalue weighted by molar-refractivity contribution is 7.18. The van der Waals surface area contributed by atoms with Gasteiger partial charge in [-0.2, -0.15) is 0 Å². The van der Waals surface area contributed by atoms with Crippen molar-refractivity contribution in [3.05, 3.63) is 36.5 Å². The van der Waals surface area contributed by atoms with Gasteiger partial charge in [0.15, 0.2) is 5.13 Å². The first-order valence-corrected chi connectivity index (χ1v) is 11.3. The molecule has 1 aromatic carbocycles. The van der Waals surface area contributed by atoms with E-state index in [1.807, 2.05) is 6.20 Å². The first-order chi connectivity index (χ1) is 14.3. The Morgan fingerprint density at radius 1 is 0.968 bits per heavy atom. The molecule has 9 heteroatoms. The summed E-state index contributed by atoms with van der Waals surface area (Å²) in [6.45, 7) is 11.0. The highest BCUT2D eigenvalue weighted by Gasteiger charge is 2.21. The number of rotatable bonds is 4. The van der Waals surface area contributed by atoms with Gasteiger partial charge in [-0.15, -0.1) is 24.8 Å². The fourth-order valence-electron chi connectivity index (χ4n) is 4.11. The highest BCUT2D eigenvalue weighted by Crippen LogP contribution is 2.35. The van der Waals surface area contributed by atoms with Gasteiger partial charge in [-0.25, -0.2) is 9.97 Å². The van der Waals surface area contributed by atoms with Crippen LogP contribution in [0, 0.1) is 0 Å². The summed E-state index contributed by atoms with van der Waals surface area (Å²) in [4.78, 5) is 18.2. The predicted octanol–water partition coefficient (Wildman–Crippen LogP) is 4.18. The minimum absolute atomic E-state index is 0. The van der Waals surface area contributed by atoms with E-state index >= 15 is 0 Å². The standard InChI is InChI=1S/C22H27N5OS.2ClH/c1-2-25-7-9-26(10-8-25)21-18-6-4-3-5-17(18)15-19(24-21)20-16-23-22(29-20)27-11-13-28-14-12-27;;/h3-6,15-16H,2,7-14H2,1H3;2*1H. The lowest BCUT2D eigenvalue weighted by atomic mass is 10.1. The summed E-state index contributed by atoms with van der Waals surface area (Å²) in [7, 11) is 0. The van der Waals surface area contributed by atoms with E-state index in [1.54, 1.807) is 11.3 Å². The molecule has 4 heterocycles. The fraction of sp³-hybridized carbons (Fsp3) is 0.455. The maximum atomic E-state index is 5.47. The van der Waals surface area contributed by atoms with E-state index in [0.29, 0.717) is 0 Å². The van der Waals surface area contributed by atoms with Crippen LogP contribution in [0.5, 0.6) is 0 Å². The molecular weight excluding hydrogens is 453 g/mol. The molecule has 0 N–H and O–H groups in total. The number of anilines is 2. The number of thiazole rings is 1. The van der Waals surface area contributed by atoms with Gasteiger partial charge in [-0.1, -0.05) is 42.5 Å². The maximum absolute atomic E-state index is 5.47. The third kappa shape index (κ3) is 5.07. The topological polar surface area (TPSA) is 44.7 Å². The number of hydrogen-bond acceptors (Lipinski definition) is 7. The second-order valence-corrected chi connectivity index (χ2v) is 8.59. The quantitative estimate of drug-likeness (QED) is 0.556. The molecule has 0 saturated carbocycles. The van der Waals surface area contributed by atoms with Gasteiger partial charge in [0.05, 0.1) is 23.8 Å². The van der Waals surface area contributed by atoms with Crippen LogP contribution in [0.15, 0.2) is 36.5 Å². The summed E-state index contributed by atoms with van der Waals surface area (Å²) >= 11 is 1.73. The minimum atomic E-state index is 0. The molecule has 0 unspecified atom stereocenters. The Balaban J connectivity index is 0.00000136. The predicted molar refractivity (Wildman–Crippen MR) is 135 cm³/mol. The second kappa shape index (κ2) is 10.8. The zero-order valence-electron chi connectivity index (χ0n) is 17.7. The van der Waals surface area contributed by atoms with E-state index in [4.69, 9.17) is 9.72 Å². The molecule has 2 fully saturated rings. The molecule has 2 saturated heterocycles. The lowest BCUT2D eigenvalue weighted by Gasteiger charge is -2.35. The SMILES string of the molecule is CCN1CCN(c2nc(-c3cnc(N4CCOCC4)s3)cc3ccccc23)CC1.Cl.Cl. The first-order valence-electron chi connectivity index (χ1n) is 10.5. The van der Waals surface area contributed by atoms with E-state index in [-0.39, 0.29) is 24.8 Å². The van der Waals surface area contributed by atoms with Crippen LogP contribution in [0.4, 0.5) is 10.9 Å². The van der Waals surface area contributed by atoms with Gasteiger partial charge < -0.3 is 19.4 Å². The van der Waals surface area contributed by atoms with Crippen LogP contribution in [0.25, 0.3) is 21.3 Å². The van der Waals surface area contributed by atoms with Crippen molar-refractivity contribution in [3.8, 4) is 10.6 Å². The van der Waals surface area contributed by atoms with Gasteiger partial charge in [-0.3, -0.25) is 0 Å². The molecule has 0 atom stereocenters. The molecule has 2 aromatic heterocycles. The van der Waals surface area contributed by atoms with Crippen LogP contribution >= 0.6 is 36.2 Å². The average Bonchev–Trinajstić information content (AvgIpc) is 3.29. The Morgan fingerprint density at radius 3 is 2.45 bits per heavy atom. The number of hydrogen-bond donors (Lipinski definition) is 0. The molecule has 0 radical (unpaired) electrons. The molecule has 2 aliphatic rings. The molecule has 168 valence electrons. The van der Waals surface area contributed by atoms with Crippen LogP contribution in [-0.2, 0) is 4.74 Å². The van der Waals surface area contributed by atoms with Crippen LogP contribution in [0.3, 0.4) is 0 Å². The van der Waals surface area contributed by atoms with Crippen molar-refractivity contribution < 1.29 is 4.74 Å². The third-order valence-corrected chi connectivity index (χ3v) is 6.95. The lowest BCUT2D eigenvalue weighted by molar-refractivity contribution is 0.122. The molecule has 6 nitrogen and oxygen atoms in total. The van der Waals surface area contributed by atoms with Crippen LogP contribution in [-0.4, -0.2) is 73.9 Å². The van der Waals surface area contributed by atoms with Gasteiger partial charge >= 0.3 is 0 Å². The molecular formula is C22H29Cl2N5OS. The molecule has 0 bridgehead atoms. The number of morpholine rings is 1. The normalized spacial score (nSPS) is 17.3. The van der Waals surface area contributed by atoms with Gasteiger partial charge in [0.25, 0.3) is 0 Å². The van der Waals surface area contributed by atoms with Crippen molar-refractivity contribution >= 4 is 57.9 Å².